The molecular weight excluding hydrogens is 316 g/mol. The van der Waals surface area contributed by atoms with E-state index >= 15 is 0 Å². The Morgan fingerprint density at radius 3 is 2.92 bits per heavy atom. The topological polar surface area (TPSA) is 62.5 Å². The van der Waals surface area contributed by atoms with Crippen molar-refractivity contribution in [2.24, 2.45) is 0 Å². The zero-order chi connectivity index (χ0) is 17.6. The van der Waals surface area contributed by atoms with Gasteiger partial charge < -0.3 is 14.3 Å². The van der Waals surface area contributed by atoms with Gasteiger partial charge in [0.2, 0.25) is 11.8 Å². The zero-order valence-corrected chi connectivity index (χ0v) is 15.1. The normalized spacial score (nSPS) is 15.0. The summed E-state index contributed by atoms with van der Waals surface area (Å²) in [5.41, 5.74) is 2.25. The molecule has 1 aliphatic heterocycles. The van der Waals surface area contributed by atoms with Crippen LogP contribution in [-0.2, 0) is 24.2 Å². The van der Waals surface area contributed by atoms with Crippen LogP contribution in [0.3, 0.4) is 0 Å². The first kappa shape index (κ1) is 17.6. The van der Waals surface area contributed by atoms with Crippen LogP contribution in [0.1, 0.15) is 43.5 Å². The van der Waals surface area contributed by atoms with Crippen LogP contribution in [0, 0.1) is 0 Å². The molecule has 0 bridgehead atoms. The van der Waals surface area contributed by atoms with E-state index in [4.69, 9.17) is 4.52 Å². The molecule has 134 valence electrons. The number of carbonyl (C=O) groups excluding carboxylic acids is 1. The minimum absolute atomic E-state index is 0.163. The molecule has 0 saturated heterocycles. The number of rotatable bonds is 6. The number of amides is 1. The molecule has 1 aliphatic rings. The molecule has 25 heavy (non-hydrogen) atoms. The Labute approximate surface area is 148 Å². The van der Waals surface area contributed by atoms with Gasteiger partial charge in [-0.2, -0.15) is 4.98 Å². The Hall–Kier alpha value is -2.21. The predicted octanol–water partition coefficient (Wildman–Crippen LogP) is 2.82. The minimum Gasteiger partial charge on any atom is -0.339 e. The third-order valence-electron chi connectivity index (χ3n) is 4.49. The average molecular weight is 342 g/mol. The monoisotopic (exact) mass is 342 g/mol. The zero-order valence-electron chi connectivity index (χ0n) is 15.1. The molecule has 6 nitrogen and oxygen atoms in total. The van der Waals surface area contributed by atoms with Gasteiger partial charge in [-0.3, -0.25) is 4.79 Å². The van der Waals surface area contributed by atoms with Crippen LogP contribution in [0.4, 0.5) is 5.69 Å². The summed E-state index contributed by atoms with van der Waals surface area (Å²) in [7, 11) is 2.09. The molecule has 1 aromatic carbocycles. The van der Waals surface area contributed by atoms with Crippen LogP contribution in [0.15, 0.2) is 28.8 Å². The lowest BCUT2D eigenvalue weighted by molar-refractivity contribution is -0.118. The van der Waals surface area contributed by atoms with Gasteiger partial charge in [0.25, 0.3) is 0 Å². The molecular formula is C19H26N4O2. The van der Waals surface area contributed by atoms with E-state index in [1.165, 1.54) is 5.56 Å². The van der Waals surface area contributed by atoms with Crippen molar-refractivity contribution in [2.45, 2.75) is 45.6 Å². The number of aromatic nitrogens is 2. The maximum Gasteiger partial charge on any atom is 0.227 e. The molecule has 2 heterocycles. The standard InChI is InChI=1S/C19H26N4O2/c1-3-7-17-20-18(25-21-17)10-6-11-19(24)23-13-12-22(2)14-15-8-4-5-9-16(15)23/h4-5,8-9H,3,6-7,10-14H2,1-2H3. The quantitative estimate of drug-likeness (QED) is 0.808. The van der Waals surface area contributed by atoms with E-state index in [1.807, 2.05) is 23.1 Å². The fourth-order valence-electron chi connectivity index (χ4n) is 3.17. The Morgan fingerprint density at radius 1 is 1.24 bits per heavy atom. The van der Waals surface area contributed by atoms with Crippen molar-refractivity contribution in [3.05, 3.63) is 41.5 Å². The van der Waals surface area contributed by atoms with Gasteiger partial charge in [0.1, 0.15) is 0 Å². The molecule has 0 aliphatic carbocycles. The van der Waals surface area contributed by atoms with Crippen molar-refractivity contribution in [2.75, 3.05) is 25.0 Å². The first-order chi connectivity index (χ1) is 12.2. The number of aryl methyl sites for hydroxylation is 2. The van der Waals surface area contributed by atoms with Crippen LogP contribution in [-0.4, -0.2) is 41.1 Å². The summed E-state index contributed by atoms with van der Waals surface area (Å²) in [5, 5.41) is 3.96. The van der Waals surface area contributed by atoms with Gasteiger partial charge in [-0.1, -0.05) is 30.3 Å². The van der Waals surface area contributed by atoms with Crippen molar-refractivity contribution < 1.29 is 9.32 Å². The Balaban J connectivity index is 1.59. The van der Waals surface area contributed by atoms with Crippen molar-refractivity contribution in [3.8, 4) is 0 Å². The number of benzene rings is 1. The van der Waals surface area contributed by atoms with Crippen LogP contribution < -0.4 is 4.90 Å². The van der Waals surface area contributed by atoms with Crippen LogP contribution in [0.25, 0.3) is 0 Å². The number of fused-ring (bicyclic) bond motifs is 1. The van der Waals surface area contributed by atoms with Crippen molar-refractivity contribution in [3.63, 3.8) is 0 Å². The van der Waals surface area contributed by atoms with Crippen LogP contribution in [0.2, 0.25) is 0 Å². The number of carbonyl (C=O) groups is 1. The lowest BCUT2D eigenvalue weighted by Crippen LogP contribution is -2.35. The Morgan fingerprint density at radius 2 is 2.08 bits per heavy atom. The second-order valence-corrected chi connectivity index (χ2v) is 6.62. The van der Waals surface area contributed by atoms with Crippen molar-refractivity contribution >= 4 is 11.6 Å². The van der Waals surface area contributed by atoms with Gasteiger partial charge in [0.05, 0.1) is 0 Å². The lowest BCUT2D eigenvalue weighted by Gasteiger charge is -2.22. The van der Waals surface area contributed by atoms with E-state index < -0.39 is 0 Å². The van der Waals surface area contributed by atoms with E-state index in [1.54, 1.807) is 0 Å². The fraction of sp³-hybridized carbons (Fsp3) is 0.526. The van der Waals surface area contributed by atoms with Gasteiger partial charge in [0.15, 0.2) is 5.82 Å². The van der Waals surface area contributed by atoms with E-state index in [2.05, 4.69) is 35.1 Å². The van der Waals surface area contributed by atoms with Gasteiger partial charge in [0, 0.05) is 44.6 Å². The SMILES string of the molecule is CCCc1noc(CCCC(=O)N2CCN(C)Cc3ccccc32)n1. The van der Waals surface area contributed by atoms with E-state index in [0.717, 1.165) is 50.4 Å². The summed E-state index contributed by atoms with van der Waals surface area (Å²) in [6.07, 6.45) is 3.70. The average Bonchev–Trinajstić information content (AvgIpc) is 2.96. The van der Waals surface area contributed by atoms with Crippen LogP contribution >= 0.6 is 0 Å². The van der Waals surface area contributed by atoms with Crippen molar-refractivity contribution in [1.29, 1.82) is 0 Å². The maximum absolute atomic E-state index is 12.8. The summed E-state index contributed by atoms with van der Waals surface area (Å²) >= 11 is 0. The third kappa shape index (κ3) is 4.45. The summed E-state index contributed by atoms with van der Waals surface area (Å²) < 4.78 is 5.24. The maximum atomic E-state index is 12.8. The summed E-state index contributed by atoms with van der Waals surface area (Å²) in [5.74, 6) is 1.55. The highest BCUT2D eigenvalue weighted by molar-refractivity contribution is 5.94. The molecule has 0 saturated carbocycles. The van der Waals surface area contributed by atoms with Gasteiger partial charge in [-0.05, 0) is 31.5 Å². The van der Waals surface area contributed by atoms with E-state index in [9.17, 15) is 4.79 Å². The van der Waals surface area contributed by atoms with Gasteiger partial charge >= 0.3 is 0 Å². The van der Waals surface area contributed by atoms with Gasteiger partial charge in [-0.15, -0.1) is 0 Å². The number of anilines is 1. The summed E-state index contributed by atoms with van der Waals surface area (Å²) in [4.78, 5) is 21.3. The molecule has 0 spiro atoms. The Bertz CT molecular complexity index is 713. The largest absolute Gasteiger partial charge is 0.339 e. The molecule has 1 amide bonds. The first-order valence-electron chi connectivity index (χ1n) is 9.05. The number of likely N-dealkylation sites (N-methyl/N-ethyl adjacent to an activating group) is 1. The van der Waals surface area contributed by atoms with Crippen LogP contribution in [0.5, 0.6) is 0 Å². The fourth-order valence-corrected chi connectivity index (χ4v) is 3.17. The minimum atomic E-state index is 0.163. The number of hydrogen-bond donors (Lipinski definition) is 0. The highest BCUT2D eigenvalue weighted by atomic mass is 16.5. The molecule has 1 aromatic heterocycles. The predicted molar refractivity (Wildman–Crippen MR) is 96.4 cm³/mol. The molecule has 0 unspecified atom stereocenters. The third-order valence-corrected chi connectivity index (χ3v) is 4.49. The molecule has 6 heteroatoms. The number of hydrogen-bond acceptors (Lipinski definition) is 5. The smallest absolute Gasteiger partial charge is 0.227 e. The van der Waals surface area contributed by atoms with E-state index in [-0.39, 0.29) is 5.91 Å². The van der Waals surface area contributed by atoms with Gasteiger partial charge in [-0.25, -0.2) is 0 Å². The molecule has 0 atom stereocenters. The summed E-state index contributed by atoms with van der Waals surface area (Å²) in [6.45, 7) is 4.57. The molecule has 0 radical (unpaired) electrons. The second kappa shape index (κ2) is 8.25. The highest BCUT2D eigenvalue weighted by Gasteiger charge is 2.22. The molecule has 0 fully saturated rings. The molecule has 0 N–H and O–H groups in total. The molecule has 3 rings (SSSR count). The van der Waals surface area contributed by atoms with E-state index in [0.29, 0.717) is 18.7 Å². The lowest BCUT2D eigenvalue weighted by atomic mass is 10.1. The van der Waals surface area contributed by atoms with Crippen molar-refractivity contribution in [1.82, 2.24) is 15.0 Å². The first-order valence-corrected chi connectivity index (χ1v) is 9.05. The molecule has 2 aromatic rings. The summed E-state index contributed by atoms with van der Waals surface area (Å²) in [6, 6.07) is 8.18. The second-order valence-electron chi connectivity index (χ2n) is 6.62. The Kier molecular flexibility index (Phi) is 5.81. The number of para-hydroxylation sites is 1. The number of nitrogens with zero attached hydrogens (tertiary/aromatic N) is 4. The highest BCUT2D eigenvalue weighted by Crippen LogP contribution is 2.25.